The zero-order valence-corrected chi connectivity index (χ0v) is 18.0. The fourth-order valence-electron chi connectivity index (χ4n) is 3.28. The van der Waals surface area contributed by atoms with Crippen molar-refractivity contribution in [3.63, 3.8) is 0 Å². The van der Waals surface area contributed by atoms with Crippen molar-refractivity contribution in [1.29, 1.82) is 5.26 Å². The lowest BCUT2D eigenvalue weighted by Gasteiger charge is -2.13. The number of carbonyl (C=O) groups is 2. The molecule has 0 N–H and O–H groups in total. The lowest BCUT2D eigenvalue weighted by molar-refractivity contribution is -0.384. The number of hydrogen-bond acceptors (Lipinski definition) is 8. The van der Waals surface area contributed by atoms with Gasteiger partial charge in [-0.25, -0.2) is 0 Å². The first-order chi connectivity index (χ1) is 15.9. The topological polar surface area (TPSA) is 127 Å². The molecule has 1 aromatic heterocycles. The van der Waals surface area contributed by atoms with E-state index in [4.69, 9.17) is 9.15 Å². The number of imide groups is 1. The number of nitro groups is 1. The van der Waals surface area contributed by atoms with E-state index in [1.54, 1.807) is 36.4 Å². The SMILES string of the molecule is COc1cc([N+](=O)[O-])ccc1-c1ccc(/C=C2/SC(=O)N(Cc3ccccc3C#N)C2=O)o1. The number of non-ortho nitro benzene ring substituents is 1. The number of rotatable bonds is 6. The van der Waals surface area contributed by atoms with Crippen LogP contribution in [0.15, 0.2) is 63.9 Å². The summed E-state index contributed by atoms with van der Waals surface area (Å²) in [7, 11) is 1.40. The van der Waals surface area contributed by atoms with Crippen molar-refractivity contribution in [3.05, 3.63) is 86.5 Å². The molecule has 0 unspecified atom stereocenters. The van der Waals surface area contributed by atoms with Crippen LogP contribution >= 0.6 is 11.8 Å². The van der Waals surface area contributed by atoms with Gasteiger partial charge in [0.1, 0.15) is 17.3 Å². The lowest BCUT2D eigenvalue weighted by Crippen LogP contribution is -2.27. The Morgan fingerprint density at radius 2 is 2.00 bits per heavy atom. The highest BCUT2D eigenvalue weighted by Crippen LogP contribution is 2.37. The quantitative estimate of drug-likeness (QED) is 0.286. The third-order valence-electron chi connectivity index (χ3n) is 4.90. The summed E-state index contributed by atoms with van der Waals surface area (Å²) < 4.78 is 11.0. The molecule has 0 saturated carbocycles. The van der Waals surface area contributed by atoms with Crippen LogP contribution in [-0.2, 0) is 11.3 Å². The van der Waals surface area contributed by atoms with E-state index in [-0.39, 0.29) is 22.9 Å². The Labute approximate surface area is 192 Å². The predicted molar refractivity (Wildman–Crippen MR) is 120 cm³/mol. The van der Waals surface area contributed by atoms with E-state index in [9.17, 15) is 25.0 Å². The van der Waals surface area contributed by atoms with E-state index in [0.717, 1.165) is 16.7 Å². The Bertz CT molecular complexity index is 1350. The Balaban J connectivity index is 1.58. The molecule has 164 valence electrons. The second kappa shape index (κ2) is 9.02. The van der Waals surface area contributed by atoms with Crippen molar-refractivity contribution in [2.24, 2.45) is 0 Å². The number of hydrogen-bond donors (Lipinski definition) is 0. The van der Waals surface area contributed by atoms with Crippen molar-refractivity contribution in [2.75, 3.05) is 7.11 Å². The van der Waals surface area contributed by atoms with Crippen LogP contribution in [0.1, 0.15) is 16.9 Å². The molecular weight excluding hydrogens is 446 g/mol. The van der Waals surface area contributed by atoms with E-state index >= 15 is 0 Å². The number of methoxy groups -OCH3 is 1. The van der Waals surface area contributed by atoms with Gasteiger partial charge in [0, 0.05) is 12.1 Å². The van der Waals surface area contributed by atoms with Gasteiger partial charge in [0.15, 0.2) is 0 Å². The molecule has 1 saturated heterocycles. The Morgan fingerprint density at radius 3 is 2.73 bits per heavy atom. The number of nitriles is 1. The lowest BCUT2D eigenvalue weighted by atomic mass is 10.1. The first-order valence-electron chi connectivity index (χ1n) is 9.57. The third-order valence-corrected chi connectivity index (χ3v) is 5.81. The standard InChI is InChI=1S/C23H15N3O6S/c1-31-20-10-16(26(29)30)6-8-18(20)19-9-7-17(32-19)11-21-22(27)25(23(28)33-21)13-15-5-3-2-4-14(15)12-24/h2-11H,13H2,1H3/b21-11+. The van der Waals surface area contributed by atoms with Gasteiger partial charge in [0.25, 0.3) is 16.8 Å². The number of furan rings is 1. The fraction of sp³-hybridized carbons (Fsp3) is 0.0870. The smallest absolute Gasteiger partial charge is 0.293 e. The van der Waals surface area contributed by atoms with Crippen LogP contribution in [0.25, 0.3) is 17.4 Å². The zero-order valence-electron chi connectivity index (χ0n) is 17.2. The highest BCUT2D eigenvalue weighted by molar-refractivity contribution is 8.18. The van der Waals surface area contributed by atoms with E-state index in [0.29, 0.717) is 28.2 Å². The van der Waals surface area contributed by atoms with E-state index in [1.165, 1.54) is 31.4 Å². The van der Waals surface area contributed by atoms with Crippen LogP contribution in [0.2, 0.25) is 0 Å². The summed E-state index contributed by atoms with van der Waals surface area (Å²) in [5.41, 5.74) is 1.36. The van der Waals surface area contributed by atoms with Crippen molar-refractivity contribution in [2.45, 2.75) is 6.54 Å². The molecular formula is C23H15N3O6S. The van der Waals surface area contributed by atoms with Crippen LogP contribution in [-0.4, -0.2) is 28.1 Å². The Kier molecular flexibility index (Phi) is 5.97. The van der Waals surface area contributed by atoms with Crippen molar-refractivity contribution in [1.82, 2.24) is 4.90 Å². The number of carbonyl (C=O) groups excluding carboxylic acids is 2. The summed E-state index contributed by atoms with van der Waals surface area (Å²) in [5.74, 6) is 0.494. The average molecular weight is 461 g/mol. The van der Waals surface area contributed by atoms with Crippen molar-refractivity contribution in [3.8, 4) is 23.1 Å². The van der Waals surface area contributed by atoms with Gasteiger partial charge in [-0.1, -0.05) is 18.2 Å². The van der Waals surface area contributed by atoms with Crippen LogP contribution < -0.4 is 4.74 Å². The summed E-state index contributed by atoms with van der Waals surface area (Å²) in [4.78, 5) is 37.0. The summed E-state index contributed by atoms with van der Waals surface area (Å²) in [6, 6.07) is 16.2. The van der Waals surface area contributed by atoms with Crippen molar-refractivity contribution < 1.29 is 23.7 Å². The van der Waals surface area contributed by atoms with Gasteiger partial charge in [-0.05, 0) is 41.6 Å². The normalized spacial score (nSPS) is 14.5. The summed E-state index contributed by atoms with van der Waals surface area (Å²) >= 11 is 0.783. The molecule has 0 bridgehead atoms. The molecule has 0 spiro atoms. The molecule has 1 aliphatic rings. The number of nitrogens with zero attached hydrogens (tertiary/aromatic N) is 3. The van der Waals surface area contributed by atoms with E-state index in [1.807, 2.05) is 0 Å². The van der Waals surface area contributed by atoms with Crippen molar-refractivity contribution >= 4 is 34.7 Å². The Hall–Kier alpha value is -4.36. The van der Waals surface area contributed by atoms with Crippen LogP contribution in [0.3, 0.4) is 0 Å². The number of amides is 2. The number of benzene rings is 2. The minimum absolute atomic E-state index is 0.00482. The largest absolute Gasteiger partial charge is 0.496 e. The molecule has 2 amide bonds. The van der Waals surface area contributed by atoms with Gasteiger partial charge >= 0.3 is 0 Å². The first kappa shape index (κ1) is 21.9. The molecule has 0 radical (unpaired) electrons. The molecule has 1 aliphatic heterocycles. The molecule has 0 aliphatic carbocycles. The van der Waals surface area contributed by atoms with Gasteiger partial charge in [-0.3, -0.25) is 24.6 Å². The first-order valence-corrected chi connectivity index (χ1v) is 10.4. The van der Waals surface area contributed by atoms with Gasteiger partial charge in [-0.15, -0.1) is 0 Å². The summed E-state index contributed by atoms with van der Waals surface area (Å²) in [6.07, 6.45) is 1.46. The summed E-state index contributed by atoms with van der Waals surface area (Å²) in [6.45, 7) is -0.00482. The molecule has 2 aromatic carbocycles. The van der Waals surface area contributed by atoms with Gasteiger partial charge < -0.3 is 9.15 Å². The molecule has 10 heteroatoms. The number of ether oxygens (including phenoxy) is 1. The second-order valence-electron chi connectivity index (χ2n) is 6.88. The maximum Gasteiger partial charge on any atom is 0.293 e. The monoisotopic (exact) mass is 461 g/mol. The zero-order chi connectivity index (χ0) is 23.5. The molecule has 4 rings (SSSR count). The number of thioether (sulfide) groups is 1. The van der Waals surface area contributed by atoms with Crippen LogP contribution in [0.4, 0.5) is 10.5 Å². The highest BCUT2D eigenvalue weighted by Gasteiger charge is 2.35. The predicted octanol–water partition coefficient (Wildman–Crippen LogP) is 4.97. The second-order valence-corrected chi connectivity index (χ2v) is 7.87. The maximum atomic E-state index is 12.8. The minimum Gasteiger partial charge on any atom is -0.496 e. The Morgan fingerprint density at radius 1 is 1.21 bits per heavy atom. The molecule has 2 heterocycles. The fourth-order valence-corrected chi connectivity index (χ4v) is 4.09. The highest BCUT2D eigenvalue weighted by atomic mass is 32.2. The summed E-state index contributed by atoms with van der Waals surface area (Å²) in [5, 5.41) is 19.8. The number of nitro benzene ring substituents is 1. The third kappa shape index (κ3) is 4.35. The van der Waals surface area contributed by atoms with Gasteiger partial charge in [0.05, 0.1) is 46.7 Å². The average Bonchev–Trinajstić information content (AvgIpc) is 3.39. The van der Waals surface area contributed by atoms with E-state index in [2.05, 4.69) is 6.07 Å². The van der Waals surface area contributed by atoms with Crippen LogP contribution in [0.5, 0.6) is 5.75 Å². The van der Waals surface area contributed by atoms with Crippen LogP contribution in [0, 0.1) is 21.4 Å². The molecule has 33 heavy (non-hydrogen) atoms. The molecule has 3 aromatic rings. The van der Waals surface area contributed by atoms with E-state index < -0.39 is 16.1 Å². The van der Waals surface area contributed by atoms with Gasteiger partial charge in [0.2, 0.25) is 0 Å². The maximum absolute atomic E-state index is 12.8. The molecule has 0 atom stereocenters. The molecule has 9 nitrogen and oxygen atoms in total. The van der Waals surface area contributed by atoms with Gasteiger partial charge in [-0.2, -0.15) is 5.26 Å². The minimum atomic E-state index is -0.523. The molecule has 1 fully saturated rings.